The van der Waals surface area contributed by atoms with Crippen LogP contribution in [-0.2, 0) is 0 Å². The zero-order chi connectivity index (χ0) is 26.9. The normalized spacial score (nSPS) is 26.2. The van der Waals surface area contributed by atoms with Gasteiger partial charge in [-0.3, -0.25) is 9.80 Å². The molecule has 0 amide bonds. The minimum absolute atomic E-state index is 0.0589. The minimum Gasteiger partial charge on any atom is -0.304 e. The Balaban J connectivity index is 0.000000311. The molecule has 4 aliphatic rings. The molecule has 0 aromatic heterocycles. The van der Waals surface area contributed by atoms with E-state index in [0.29, 0.717) is 25.6 Å². The molecule has 1 aliphatic carbocycles. The maximum atomic E-state index is 14.3. The molecule has 4 fully saturated rings. The lowest BCUT2D eigenvalue weighted by Crippen LogP contribution is -2.71. The summed E-state index contributed by atoms with van der Waals surface area (Å²) in [7, 11) is 0. The van der Waals surface area contributed by atoms with Crippen molar-refractivity contribution in [2.75, 3.05) is 45.8 Å². The fourth-order valence-corrected chi connectivity index (χ4v) is 6.19. The summed E-state index contributed by atoms with van der Waals surface area (Å²) < 4.78 is 28.6. The van der Waals surface area contributed by atoms with Crippen LogP contribution in [-0.4, -0.2) is 78.5 Å². The predicted molar refractivity (Wildman–Crippen MR) is 150 cm³/mol. The lowest BCUT2D eigenvalue weighted by atomic mass is 9.66. The van der Waals surface area contributed by atoms with Crippen molar-refractivity contribution in [1.29, 1.82) is 0 Å². The Labute approximate surface area is 218 Å². The molecule has 3 heterocycles. The Hall–Kier alpha value is -0.260. The van der Waals surface area contributed by atoms with Gasteiger partial charge in [-0.2, -0.15) is 0 Å². The first-order valence-corrected chi connectivity index (χ1v) is 15.1. The van der Waals surface area contributed by atoms with Gasteiger partial charge in [0.2, 0.25) is 0 Å². The van der Waals surface area contributed by atoms with Crippen molar-refractivity contribution in [3.63, 3.8) is 0 Å². The van der Waals surface area contributed by atoms with Crippen LogP contribution in [0.4, 0.5) is 8.78 Å². The highest BCUT2D eigenvalue weighted by molar-refractivity contribution is 5.08. The molecule has 0 aromatic carbocycles. The van der Waals surface area contributed by atoms with Crippen molar-refractivity contribution in [3.05, 3.63) is 0 Å². The Kier molecular flexibility index (Phi) is 13.7. The molecule has 0 radical (unpaired) electrons. The van der Waals surface area contributed by atoms with E-state index in [1.165, 1.54) is 58.2 Å². The standard InChI is InChI=1S/C13H24F2N2.C13H25N.2C2H6/c1-10(2)16-6-5-12(13(14,15)9-16)7-17(8-12)11(3)4;1-3-14-10-8-13(9-11-14)6-4-12(2)5-7-13;2*1-2/h10-11H,5-9H2,1-4H3;12H,3-11H2,1-2H3;2*1-2H3. The third-order valence-electron chi connectivity index (χ3n) is 9.23. The first-order valence-electron chi connectivity index (χ1n) is 15.1. The van der Waals surface area contributed by atoms with E-state index in [9.17, 15) is 8.78 Å². The minimum atomic E-state index is -2.53. The number of piperidine rings is 2. The third kappa shape index (κ3) is 8.37. The highest BCUT2D eigenvalue weighted by Gasteiger charge is 2.62. The average Bonchev–Trinajstić information content (AvgIpc) is 2.82. The molecule has 210 valence electrons. The fraction of sp³-hybridized carbons (Fsp3) is 1.00. The summed E-state index contributed by atoms with van der Waals surface area (Å²) in [6.45, 7) is 26.8. The van der Waals surface area contributed by atoms with Gasteiger partial charge in [-0.1, -0.05) is 54.4 Å². The van der Waals surface area contributed by atoms with Gasteiger partial charge in [0, 0.05) is 25.2 Å². The summed E-state index contributed by atoms with van der Waals surface area (Å²) in [5.41, 5.74) is 0.0425. The van der Waals surface area contributed by atoms with Gasteiger partial charge in [0.1, 0.15) is 0 Å². The summed E-state index contributed by atoms with van der Waals surface area (Å²) >= 11 is 0. The molecule has 0 atom stereocenters. The van der Waals surface area contributed by atoms with Crippen LogP contribution >= 0.6 is 0 Å². The SMILES string of the molecule is CC.CC.CC(C)N1CCC2(CN(C(C)C)C2)C(F)(F)C1.CCN1CCC2(CCC(C)CC2)CC1. The van der Waals surface area contributed by atoms with E-state index in [0.717, 1.165) is 17.9 Å². The number of likely N-dealkylation sites (tertiary alicyclic amines) is 3. The lowest BCUT2D eigenvalue weighted by Gasteiger charge is -2.59. The van der Waals surface area contributed by atoms with Crippen molar-refractivity contribution in [2.24, 2.45) is 16.7 Å². The van der Waals surface area contributed by atoms with Gasteiger partial charge in [0.25, 0.3) is 5.92 Å². The van der Waals surface area contributed by atoms with Crippen LogP contribution in [0, 0.1) is 16.7 Å². The van der Waals surface area contributed by atoms with Crippen molar-refractivity contribution in [1.82, 2.24) is 14.7 Å². The molecule has 2 spiro atoms. The Morgan fingerprint density at radius 3 is 1.60 bits per heavy atom. The Bertz CT molecular complexity index is 554. The summed E-state index contributed by atoms with van der Waals surface area (Å²) in [4.78, 5) is 6.67. The summed E-state index contributed by atoms with van der Waals surface area (Å²) in [6.07, 6.45) is 9.62. The van der Waals surface area contributed by atoms with E-state index >= 15 is 0 Å². The average molecular weight is 502 g/mol. The van der Waals surface area contributed by atoms with Gasteiger partial charge in [-0.25, -0.2) is 8.78 Å². The second-order valence-electron chi connectivity index (χ2n) is 11.9. The van der Waals surface area contributed by atoms with Gasteiger partial charge < -0.3 is 4.90 Å². The highest BCUT2D eigenvalue weighted by atomic mass is 19.3. The molecule has 3 aliphatic heterocycles. The van der Waals surface area contributed by atoms with E-state index in [2.05, 4.69) is 37.5 Å². The molecule has 0 unspecified atom stereocenters. The number of rotatable bonds is 3. The molecule has 5 heteroatoms. The van der Waals surface area contributed by atoms with Crippen LogP contribution in [0.1, 0.15) is 114 Å². The lowest BCUT2D eigenvalue weighted by molar-refractivity contribution is -0.232. The van der Waals surface area contributed by atoms with E-state index in [1.54, 1.807) is 0 Å². The van der Waals surface area contributed by atoms with Crippen LogP contribution in [0.2, 0.25) is 0 Å². The number of hydrogen-bond acceptors (Lipinski definition) is 3. The molecule has 3 saturated heterocycles. The van der Waals surface area contributed by atoms with Crippen molar-refractivity contribution in [2.45, 2.75) is 132 Å². The highest BCUT2D eigenvalue weighted by Crippen LogP contribution is 2.51. The van der Waals surface area contributed by atoms with Gasteiger partial charge in [0.15, 0.2) is 0 Å². The Morgan fingerprint density at radius 2 is 1.20 bits per heavy atom. The topological polar surface area (TPSA) is 9.72 Å². The predicted octanol–water partition coefficient (Wildman–Crippen LogP) is 7.80. The van der Waals surface area contributed by atoms with Crippen LogP contribution in [0.3, 0.4) is 0 Å². The summed E-state index contributed by atoms with van der Waals surface area (Å²) in [5, 5.41) is 0. The van der Waals surface area contributed by atoms with Crippen LogP contribution in [0.25, 0.3) is 0 Å². The number of halogens is 2. The maximum Gasteiger partial charge on any atom is 0.268 e. The maximum absolute atomic E-state index is 14.3. The molecule has 3 nitrogen and oxygen atoms in total. The Morgan fingerprint density at radius 1 is 0.714 bits per heavy atom. The first-order chi connectivity index (χ1) is 16.5. The van der Waals surface area contributed by atoms with Crippen molar-refractivity contribution < 1.29 is 8.78 Å². The monoisotopic (exact) mass is 501 g/mol. The molecule has 0 bridgehead atoms. The molecule has 35 heavy (non-hydrogen) atoms. The smallest absolute Gasteiger partial charge is 0.268 e. The zero-order valence-corrected chi connectivity index (χ0v) is 25.2. The van der Waals surface area contributed by atoms with Crippen molar-refractivity contribution >= 4 is 0 Å². The summed E-state index contributed by atoms with van der Waals surface area (Å²) in [5.74, 6) is -1.52. The zero-order valence-electron chi connectivity index (χ0n) is 25.2. The fourth-order valence-electron chi connectivity index (χ4n) is 6.19. The second-order valence-corrected chi connectivity index (χ2v) is 11.9. The number of hydrogen-bond donors (Lipinski definition) is 0. The molecule has 0 aromatic rings. The molecular weight excluding hydrogens is 440 g/mol. The van der Waals surface area contributed by atoms with E-state index in [4.69, 9.17) is 0 Å². The van der Waals surface area contributed by atoms with Crippen LogP contribution < -0.4 is 0 Å². The van der Waals surface area contributed by atoms with E-state index in [1.807, 2.05) is 46.4 Å². The van der Waals surface area contributed by atoms with Crippen LogP contribution in [0.15, 0.2) is 0 Å². The van der Waals surface area contributed by atoms with Gasteiger partial charge in [-0.05, 0) is 97.3 Å². The van der Waals surface area contributed by atoms with Gasteiger partial charge in [0.05, 0.1) is 12.0 Å². The third-order valence-corrected chi connectivity index (χ3v) is 9.23. The van der Waals surface area contributed by atoms with E-state index in [-0.39, 0.29) is 12.6 Å². The van der Waals surface area contributed by atoms with Crippen molar-refractivity contribution in [3.8, 4) is 0 Å². The van der Waals surface area contributed by atoms with Crippen LogP contribution in [0.5, 0.6) is 0 Å². The quantitative estimate of drug-likeness (QED) is 0.391. The number of nitrogens with zero attached hydrogens (tertiary/aromatic N) is 3. The largest absolute Gasteiger partial charge is 0.304 e. The van der Waals surface area contributed by atoms with Gasteiger partial charge >= 0.3 is 0 Å². The molecule has 0 N–H and O–H groups in total. The molecular formula is C30H61F2N3. The molecule has 1 saturated carbocycles. The van der Waals surface area contributed by atoms with E-state index < -0.39 is 11.3 Å². The van der Waals surface area contributed by atoms with Gasteiger partial charge in [-0.15, -0.1) is 0 Å². The summed E-state index contributed by atoms with van der Waals surface area (Å²) in [6, 6.07) is 0.610. The molecule has 4 rings (SSSR count). The first kappa shape index (κ1) is 32.8. The second kappa shape index (κ2) is 14.6. The number of alkyl halides is 2.